The van der Waals surface area contributed by atoms with Crippen LogP contribution in [0.4, 0.5) is 11.4 Å². The molecule has 1 unspecified atom stereocenters. The van der Waals surface area contributed by atoms with E-state index in [0.29, 0.717) is 0 Å². The predicted molar refractivity (Wildman–Crippen MR) is 68.2 cm³/mol. The molecule has 0 aliphatic carbocycles. The van der Waals surface area contributed by atoms with Gasteiger partial charge < -0.3 is 4.90 Å². The quantitative estimate of drug-likeness (QED) is 0.736. The molecular weight excluding hydrogens is 208 g/mol. The summed E-state index contributed by atoms with van der Waals surface area (Å²) in [5.41, 5.74) is 3.45. The van der Waals surface area contributed by atoms with Gasteiger partial charge in [0.1, 0.15) is 0 Å². The third kappa shape index (κ3) is 1.57. The summed E-state index contributed by atoms with van der Waals surface area (Å²) in [7, 11) is 0. The second kappa shape index (κ2) is 3.95. The van der Waals surface area contributed by atoms with Crippen molar-refractivity contribution in [2.45, 2.75) is 5.92 Å². The molecule has 0 amide bonds. The van der Waals surface area contributed by atoms with Gasteiger partial charge in [0, 0.05) is 17.9 Å². The highest BCUT2D eigenvalue weighted by atomic mass is 15.2. The van der Waals surface area contributed by atoms with E-state index in [1.165, 1.54) is 0 Å². The summed E-state index contributed by atoms with van der Waals surface area (Å²) < 4.78 is 0. The van der Waals surface area contributed by atoms with E-state index in [1.54, 1.807) is 0 Å². The first kappa shape index (κ1) is 9.92. The molecule has 1 aliphatic heterocycles. The van der Waals surface area contributed by atoms with E-state index in [1.807, 2.05) is 36.4 Å². The molecule has 1 atom stereocenters. The van der Waals surface area contributed by atoms with Crippen LogP contribution < -0.4 is 4.90 Å². The molecule has 1 heterocycles. The van der Waals surface area contributed by atoms with E-state index in [2.05, 4.69) is 29.2 Å². The first-order chi connectivity index (χ1) is 8.40. The highest BCUT2D eigenvalue weighted by Crippen LogP contribution is 2.40. The molecule has 0 aromatic heterocycles. The lowest BCUT2D eigenvalue weighted by Crippen LogP contribution is -2.14. The van der Waals surface area contributed by atoms with Crippen LogP contribution in [0.15, 0.2) is 54.6 Å². The number of anilines is 2. The summed E-state index contributed by atoms with van der Waals surface area (Å²) in [6.07, 6.45) is 0. The fourth-order valence-electron chi connectivity index (χ4n) is 2.37. The molecule has 2 aromatic carbocycles. The van der Waals surface area contributed by atoms with Crippen molar-refractivity contribution in [1.82, 2.24) is 0 Å². The van der Waals surface area contributed by atoms with Crippen LogP contribution in [0.5, 0.6) is 0 Å². The van der Waals surface area contributed by atoms with Crippen LogP contribution in [0.25, 0.3) is 0 Å². The lowest BCUT2D eigenvalue weighted by molar-refractivity contribution is 0.902. The van der Waals surface area contributed by atoms with E-state index in [9.17, 15) is 5.26 Å². The van der Waals surface area contributed by atoms with E-state index in [-0.39, 0.29) is 5.92 Å². The summed E-state index contributed by atoms with van der Waals surface area (Å²) in [5, 5.41) is 9.20. The topological polar surface area (TPSA) is 27.0 Å². The van der Waals surface area contributed by atoms with Gasteiger partial charge in [0.25, 0.3) is 0 Å². The Labute approximate surface area is 101 Å². The summed E-state index contributed by atoms with van der Waals surface area (Å²) >= 11 is 0. The number of nitrogens with zero attached hydrogens (tertiary/aromatic N) is 2. The number of fused-ring (bicyclic) bond motifs is 1. The molecule has 82 valence electrons. The molecule has 0 fully saturated rings. The molecule has 0 N–H and O–H groups in total. The van der Waals surface area contributed by atoms with Crippen molar-refractivity contribution in [3.05, 3.63) is 60.2 Å². The van der Waals surface area contributed by atoms with Gasteiger partial charge in [-0.25, -0.2) is 0 Å². The Balaban J connectivity index is 2.09. The van der Waals surface area contributed by atoms with E-state index >= 15 is 0 Å². The van der Waals surface area contributed by atoms with Gasteiger partial charge in [-0.3, -0.25) is 0 Å². The third-order valence-electron chi connectivity index (χ3n) is 3.19. The molecule has 0 saturated heterocycles. The predicted octanol–water partition coefficient (Wildman–Crippen LogP) is 3.45. The summed E-state index contributed by atoms with van der Waals surface area (Å²) in [5.74, 6) is -0.0218. The fourth-order valence-corrected chi connectivity index (χ4v) is 2.37. The van der Waals surface area contributed by atoms with E-state index < -0.39 is 0 Å². The molecule has 0 bridgehead atoms. The fraction of sp³-hybridized carbons (Fsp3) is 0.133. The summed E-state index contributed by atoms with van der Waals surface area (Å²) in [6, 6.07) is 20.7. The highest BCUT2D eigenvalue weighted by molar-refractivity contribution is 5.72. The monoisotopic (exact) mass is 220 g/mol. The molecule has 2 heteroatoms. The molecule has 0 saturated carbocycles. The van der Waals surface area contributed by atoms with Crippen molar-refractivity contribution < 1.29 is 0 Å². The minimum atomic E-state index is -0.0218. The Morgan fingerprint density at radius 3 is 2.47 bits per heavy atom. The largest absolute Gasteiger partial charge is 0.340 e. The lowest BCUT2D eigenvalue weighted by atomic mass is 10.0. The molecule has 0 spiro atoms. The molecule has 3 rings (SSSR count). The zero-order valence-electron chi connectivity index (χ0n) is 9.38. The number of hydrogen-bond donors (Lipinski definition) is 0. The minimum Gasteiger partial charge on any atom is -0.340 e. The smallest absolute Gasteiger partial charge is 0.0911 e. The second-order valence-electron chi connectivity index (χ2n) is 4.19. The average molecular weight is 220 g/mol. The molecule has 17 heavy (non-hydrogen) atoms. The lowest BCUT2D eigenvalue weighted by Gasteiger charge is -2.19. The van der Waals surface area contributed by atoms with Crippen LogP contribution >= 0.6 is 0 Å². The van der Waals surface area contributed by atoms with Crippen LogP contribution in [0.2, 0.25) is 0 Å². The Bertz CT molecular complexity index is 569. The van der Waals surface area contributed by atoms with Crippen molar-refractivity contribution in [2.75, 3.05) is 11.4 Å². The van der Waals surface area contributed by atoms with Crippen LogP contribution in [-0.4, -0.2) is 6.54 Å². The third-order valence-corrected chi connectivity index (χ3v) is 3.19. The molecule has 2 nitrogen and oxygen atoms in total. The van der Waals surface area contributed by atoms with Gasteiger partial charge in [-0.05, 0) is 23.8 Å². The van der Waals surface area contributed by atoms with Crippen LogP contribution in [0.1, 0.15) is 11.5 Å². The van der Waals surface area contributed by atoms with Crippen LogP contribution in [-0.2, 0) is 0 Å². The number of rotatable bonds is 1. The SMILES string of the molecule is N#CC1CN(c2ccccc2)c2ccccc21. The maximum absolute atomic E-state index is 9.20. The standard InChI is InChI=1S/C15H12N2/c16-10-12-11-17(13-6-2-1-3-7-13)15-9-5-4-8-14(12)15/h1-9,12H,11H2. The molecular formula is C15H12N2. The van der Waals surface area contributed by atoms with Gasteiger partial charge in [-0.2, -0.15) is 5.26 Å². The normalized spacial score (nSPS) is 17.6. The van der Waals surface area contributed by atoms with Gasteiger partial charge in [-0.1, -0.05) is 36.4 Å². The van der Waals surface area contributed by atoms with Gasteiger partial charge in [-0.15, -0.1) is 0 Å². The minimum absolute atomic E-state index is 0.0218. The van der Waals surface area contributed by atoms with E-state index in [0.717, 1.165) is 23.5 Å². The van der Waals surface area contributed by atoms with Crippen LogP contribution in [0.3, 0.4) is 0 Å². The van der Waals surface area contributed by atoms with Gasteiger partial charge in [0.05, 0.1) is 12.0 Å². The average Bonchev–Trinajstić information content (AvgIpc) is 2.78. The van der Waals surface area contributed by atoms with Crippen molar-refractivity contribution in [1.29, 1.82) is 5.26 Å². The number of nitriles is 1. The maximum atomic E-state index is 9.20. The Kier molecular flexibility index (Phi) is 2.31. The zero-order valence-corrected chi connectivity index (χ0v) is 9.38. The van der Waals surface area contributed by atoms with Gasteiger partial charge in [0.15, 0.2) is 0 Å². The second-order valence-corrected chi connectivity index (χ2v) is 4.19. The van der Waals surface area contributed by atoms with Crippen molar-refractivity contribution in [3.8, 4) is 6.07 Å². The Hall–Kier alpha value is -2.27. The first-order valence-corrected chi connectivity index (χ1v) is 5.71. The molecule has 0 radical (unpaired) electrons. The Morgan fingerprint density at radius 2 is 1.71 bits per heavy atom. The summed E-state index contributed by atoms with van der Waals surface area (Å²) in [6.45, 7) is 0.750. The van der Waals surface area contributed by atoms with Crippen LogP contribution in [0, 0.1) is 11.3 Å². The van der Waals surface area contributed by atoms with Gasteiger partial charge >= 0.3 is 0 Å². The highest BCUT2D eigenvalue weighted by Gasteiger charge is 2.28. The molecule has 1 aliphatic rings. The Morgan fingerprint density at radius 1 is 1.00 bits per heavy atom. The number of hydrogen-bond acceptors (Lipinski definition) is 2. The number of para-hydroxylation sites is 2. The zero-order chi connectivity index (χ0) is 11.7. The first-order valence-electron chi connectivity index (χ1n) is 5.71. The van der Waals surface area contributed by atoms with Crippen molar-refractivity contribution in [2.24, 2.45) is 0 Å². The summed E-state index contributed by atoms with van der Waals surface area (Å²) in [4.78, 5) is 2.21. The van der Waals surface area contributed by atoms with Crippen molar-refractivity contribution >= 4 is 11.4 Å². The molecule has 2 aromatic rings. The number of benzene rings is 2. The maximum Gasteiger partial charge on any atom is 0.0911 e. The van der Waals surface area contributed by atoms with Gasteiger partial charge in [0.2, 0.25) is 0 Å². The van der Waals surface area contributed by atoms with E-state index in [4.69, 9.17) is 0 Å². The van der Waals surface area contributed by atoms with Crippen molar-refractivity contribution in [3.63, 3.8) is 0 Å².